The molecule has 130 valence electrons. The zero-order valence-electron chi connectivity index (χ0n) is 13.6. The number of halogens is 2. The molecule has 24 heavy (non-hydrogen) atoms. The van der Waals surface area contributed by atoms with Gasteiger partial charge in [0.25, 0.3) is 0 Å². The number of rotatable bonds is 3. The van der Waals surface area contributed by atoms with Crippen LogP contribution in [0.15, 0.2) is 18.2 Å². The Hall–Kier alpha value is -2.15. The summed E-state index contributed by atoms with van der Waals surface area (Å²) in [5.74, 6) is -1.17. The molecule has 1 fully saturated rings. The van der Waals surface area contributed by atoms with Crippen LogP contribution >= 0.6 is 11.6 Å². The maximum Gasteiger partial charge on any atom is 0.242 e. The first-order valence-electron chi connectivity index (χ1n) is 7.56. The van der Waals surface area contributed by atoms with Crippen molar-refractivity contribution in [3.8, 4) is 0 Å². The average Bonchev–Trinajstić information content (AvgIpc) is 2.55. The van der Waals surface area contributed by atoms with Crippen LogP contribution in [0.2, 0.25) is 5.02 Å². The molecule has 0 N–H and O–H groups in total. The Morgan fingerprint density at radius 2 is 1.71 bits per heavy atom. The van der Waals surface area contributed by atoms with E-state index in [9.17, 15) is 18.8 Å². The van der Waals surface area contributed by atoms with Crippen LogP contribution in [0.25, 0.3) is 0 Å². The van der Waals surface area contributed by atoms with Crippen molar-refractivity contribution >= 4 is 35.0 Å². The molecular weight excluding hydrogens is 337 g/mol. The second-order valence-corrected chi connectivity index (χ2v) is 6.00. The van der Waals surface area contributed by atoms with Gasteiger partial charge in [-0.15, -0.1) is 0 Å². The molecule has 1 aliphatic heterocycles. The van der Waals surface area contributed by atoms with E-state index < -0.39 is 5.82 Å². The predicted octanol–water partition coefficient (Wildman–Crippen LogP) is 1.52. The first kappa shape index (κ1) is 18.2. The Bertz CT molecular complexity index is 660. The fourth-order valence-corrected chi connectivity index (χ4v) is 2.72. The molecule has 8 heteroatoms. The zero-order chi connectivity index (χ0) is 17.9. The highest BCUT2D eigenvalue weighted by molar-refractivity contribution is 6.31. The summed E-state index contributed by atoms with van der Waals surface area (Å²) in [4.78, 5) is 40.2. The Morgan fingerprint density at radius 1 is 1.12 bits per heavy atom. The summed E-state index contributed by atoms with van der Waals surface area (Å²) < 4.78 is 13.3. The third-order valence-electron chi connectivity index (χ3n) is 3.97. The number of carbonyl (C=O) groups excluding carboxylic acids is 3. The molecule has 1 aromatic carbocycles. The highest BCUT2D eigenvalue weighted by atomic mass is 35.5. The van der Waals surface area contributed by atoms with Crippen LogP contribution < -0.4 is 4.90 Å². The number of benzene rings is 1. The first-order chi connectivity index (χ1) is 11.3. The molecule has 6 nitrogen and oxygen atoms in total. The largest absolute Gasteiger partial charge is 0.339 e. The van der Waals surface area contributed by atoms with E-state index in [1.165, 1.54) is 30.9 Å². The Labute approximate surface area is 144 Å². The van der Waals surface area contributed by atoms with E-state index >= 15 is 0 Å². The summed E-state index contributed by atoms with van der Waals surface area (Å²) in [6.45, 7) is 4.47. The molecule has 0 aliphatic carbocycles. The summed E-state index contributed by atoms with van der Waals surface area (Å²) in [7, 11) is 0. The summed E-state index contributed by atoms with van der Waals surface area (Å²) >= 11 is 5.75. The molecule has 0 radical (unpaired) electrons. The van der Waals surface area contributed by atoms with Gasteiger partial charge in [0, 0.05) is 45.7 Å². The van der Waals surface area contributed by atoms with E-state index in [0.717, 1.165) is 6.07 Å². The van der Waals surface area contributed by atoms with Gasteiger partial charge in [-0.25, -0.2) is 4.39 Å². The molecule has 0 aromatic heterocycles. The van der Waals surface area contributed by atoms with Crippen molar-refractivity contribution in [2.75, 3.05) is 37.6 Å². The zero-order valence-corrected chi connectivity index (χ0v) is 14.3. The van der Waals surface area contributed by atoms with Crippen molar-refractivity contribution in [1.29, 1.82) is 0 Å². The van der Waals surface area contributed by atoms with Gasteiger partial charge in [0.15, 0.2) is 0 Å². The Morgan fingerprint density at radius 3 is 2.21 bits per heavy atom. The van der Waals surface area contributed by atoms with Crippen LogP contribution in [0.3, 0.4) is 0 Å². The molecule has 0 unspecified atom stereocenters. The Balaban J connectivity index is 2.05. The highest BCUT2D eigenvalue weighted by Gasteiger charge is 2.25. The van der Waals surface area contributed by atoms with Gasteiger partial charge in [-0.2, -0.15) is 0 Å². The van der Waals surface area contributed by atoms with E-state index in [-0.39, 0.29) is 29.3 Å². The van der Waals surface area contributed by atoms with Crippen molar-refractivity contribution in [1.82, 2.24) is 9.80 Å². The van der Waals surface area contributed by atoms with Gasteiger partial charge in [-0.3, -0.25) is 14.4 Å². The molecule has 0 saturated carbocycles. The van der Waals surface area contributed by atoms with Crippen molar-refractivity contribution in [3.63, 3.8) is 0 Å². The second kappa shape index (κ2) is 7.61. The van der Waals surface area contributed by atoms with Crippen LogP contribution in [0.1, 0.15) is 13.8 Å². The Kier molecular flexibility index (Phi) is 5.77. The SMILES string of the molecule is CC(=O)N1CCN(C(=O)CN(C(C)=O)c2ccc(F)c(Cl)c2)CC1. The van der Waals surface area contributed by atoms with Gasteiger partial charge >= 0.3 is 0 Å². The fourth-order valence-electron chi connectivity index (χ4n) is 2.54. The third-order valence-corrected chi connectivity index (χ3v) is 4.26. The van der Waals surface area contributed by atoms with Crippen LogP contribution in [-0.2, 0) is 14.4 Å². The molecule has 1 aliphatic rings. The van der Waals surface area contributed by atoms with E-state index in [4.69, 9.17) is 11.6 Å². The maximum atomic E-state index is 13.3. The number of hydrogen-bond donors (Lipinski definition) is 0. The van der Waals surface area contributed by atoms with Crippen LogP contribution in [-0.4, -0.2) is 60.2 Å². The normalized spacial score (nSPS) is 14.5. The number of anilines is 1. The average molecular weight is 356 g/mol. The van der Waals surface area contributed by atoms with Gasteiger partial charge in [0.05, 0.1) is 5.02 Å². The molecule has 0 atom stereocenters. The van der Waals surface area contributed by atoms with Crippen molar-refractivity contribution in [2.45, 2.75) is 13.8 Å². The summed E-state index contributed by atoms with van der Waals surface area (Å²) in [5.41, 5.74) is 0.365. The number of amides is 3. The first-order valence-corrected chi connectivity index (χ1v) is 7.94. The molecular formula is C16H19ClFN3O3. The molecule has 1 saturated heterocycles. The molecule has 1 aromatic rings. The minimum atomic E-state index is -0.587. The van der Waals surface area contributed by atoms with Gasteiger partial charge in [-0.05, 0) is 18.2 Å². The lowest BCUT2D eigenvalue weighted by molar-refractivity contribution is -0.137. The molecule has 1 heterocycles. The van der Waals surface area contributed by atoms with Crippen LogP contribution in [0, 0.1) is 5.82 Å². The molecule has 2 rings (SSSR count). The minimum Gasteiger partial charge on any atom is -0.339 e. The minimum absolute atomic E-state index is 0.0200. The van der Waals surface area contributed by atoms with Gasteiger partial charge < -0.3 is 14.7 Å². The van der Waals surface area contributed by atoms with Gasteiger partial charge in [0.2, 0.25) is 17.7 Å². The highest BCUT2D eigenvalue weighted by Crippen LogP contribution is 2.23. The van der Waals surface area contributed by atoms with Crippen LogP contribution in [0.4, 0.5) is 10.1 Å². The summed E-state index contributed by atoms with van der Waals surface area (Å²) in [6, 6.07) is 3.88. The van der Waals surface area contributed by atoms with E-state index in [2.05, 4.69) is 0 Å². The fraction of sp³-hybridized carbons (Fsp3) is 0.438. The second-order valence-electron chi connectivity index (χ2n) is 5.59. The van der Waals surface area contributed by atoms with Gasteiger partial charge in [-0.1, -0.05) is 11.6 Å². The third kappa shape index (κ3) is 4.23. The molecule has 0 bridgehead atoms. The lowest BCUT2D eigenvalue weighted by Gasteiger charge is -2.35. The number of hydrogen-bond acceptors (Lipinski definition) is 3. The van der Waals surface area contributed by atoms with E-state index in [1.807, 2.05) is 0 Å². The van der Waals surface area contributed by atoms with Crippen molar-refractivity contribution in [2.24, 2.45) is 0 Å². The standard InChI is InChI=1S/C16H19ClFN3O3/c1-11(22)19-5-7-20(8-6-19)16(24)10-21(12(2)23)13-3-4-15(18)14(17)9-13/h3-4,9H,5-8,10H2,1-2H3. The summed E-state index contributed by atoms with van der Waals surface area (Å²) in [5, 5.41) is -0.110. The smallest absolute Gasteiger partial charge is 0.242 e. The molecule has 3 amide bonds. The monoisotopic (exact) mass is 355 g/mol. The maximum absolute atomic E-state index is 13.3. The number of piperazine rings is 1. The van der Waals surface area contributed by atoms with Crippen LogP contribution in [0.5, 0.6) is 0 Å². The summed E-state index contributed by atoms with van der Waals surface area (Å²) in [6.07, 6.45) is 0. The van der Waals surface area contributed by atoms with E-state index in [0.29, 0.717) is 31.9 Å². The molecule has 0 spiro atoms. The van der Waals surface area contributed by atoms with Crippen molar-refractivity contribution < 1.29 is 18.8 Å². The van der Waals surface area contributed by atoms with E-state index in [1.54, 1.807) is 9.80 Å². The quantitative estimate of drug-likeness (QED) is 0.826. The van der Waals surface area contributed by atoms with Crippen molar-refractivity contribution in [3.05, 3.63) is 29.0 Å². The van der Waals surface area contributed by atoms with Gasteiger partial charge in [0.1, 0.15) is 12.4 Å². The number of nitrogens with zero attached hydrogens (tertiary/aromatic N) is 3. The number of carbonyl (C=O) groups is 3. The predicted molar refractivity (Wildman–Crippen MR) is 88.3 cm³/mol. The lowest BCUT2D eigenvalue weighted by atomic mass is 10.2. The topological polar surface area (TPSA) is 60.9 Å². The lowest BCUT2D eigenvalue weighted by Crippen LogP contribution is -2.52.